The van der Waals surface area contributed by atoms with Gasteiger partial charge in [-0.1, -0.05) is 39.8 Å². The molecule has 0 amide bonds. The van der Waals surface area contributed by atoms with Crippen LogP contribution < -0.4 is 0 Å². The van der Waals surface area contributed by atoms with E-state index < -0.39 is 0 Å². The summed E-state index contributed by atoms with van der Waals surface area (Å²) in [6.07, 6.45) is 11.2. The smallest absolute Gasteiger partial charge is 0.0618 e. The Balaban J connectivity index is 1.55. The van der Waals surface area contributed by atoms with Gasteiger partial charge in [-0.25, -0.2) is 0 Å². The summed E-state index contributed by atoms with van der Waals surface area (Å²) >= 11 is 0. The summed E-state index contributed by atoms with van der Waals surface area (Å²) in [7, 11) is 0. The molecule has 3 N–H and O–H groups in total. The maximum Gasteiger partial charge on any atom is 0.0618 e. The van der Waals surface area contributed by atoms with Crippen molar-refractivity contribution in [2.45, 2.75) is 105 Å². The first-order valence-electron chi connectivity index (χ1n) is 14.0. The number of aliphatic hydroxyl groups excluding tert-OH is 3. The van der Waals surface area contributed by atoms with E-state index in [-0.39, 0.29) is 39.8 Å². The molecular formula is C30H50O3. The quantitative estimate of drug-likeness (QED) is 0.457. The van der Waals surface area contributed by atoms with Crippen LogP contribution >= 0.6 is 0 Å². The molecular weight excluding hydrogens is 408 g/mol. The van der Waals surface area contributed by atoms with Gasteiger partial charge in [0, 0.05) is 12.0 Å². The van der Waals surface area contributed by atoms with Crippen molar-refractivity contribution in [2.75, 3.05) is 13.2 Å². The summed E-state index contributed by atoms with van der Waals surface area (Å²) in [4.78, 5) is 0. The number of hydrogen-bond acceptors (Lipinski definition) is 3. The van der Waals surface area contributed by atoms with Gasteiger partial charge >= 0.3 is 0 Å². The van der Waals surface area contributed by atoms with Crippen molar-refractivity contribution < 1.29 is 15.3 Å². The fourth-order valence-electron chi connectivity index (χ4n) is 11.6. The minimum atomic E-state index is -0.383. The van der Waals surface area contributed by atoms with Gasteiger partial charge in [0.15, 0.2) is 0 Å². The van der Waals surface area contributed by atoms with Crippen LogP contribution in [0, 0.1) is 56.7 Å². The Bertz CT molecular complexity index is 808. The molecule has 5 fully saturated rings. The second-order valence-corrected chi connectivity index (χ2v) is 14.4. The van der Waals surface area contributed by atoms with Gasteiger partial charge < -0.3 is 15.3 Å². The van der Waals surface area contributed by atoms with E-state index in [0.717, 1.165) is 19.3 Å². The lowest BCUT2D eigenvalue weighted by Crippen LogP contribution is -2.67. The Kier molecular flexibility index (Phi) is 5.57. The number of fused-ring (bicyclic) bond motifs is 7. The summed E-state index contributed by atoms with van der Waals surface area (Å²) in [5, 5.41) is 32.0. The zero-order valence-corrected chi connectivity index (χ0v) is 22.0. The molecule has 0 aromatic heterocycles. The molecule has 0 aliphatic heterocycles. The van der Waals surface area contributed by atoms with E-state index in [1.807, 2.05) is 0 Å². The average molecular weight is 459 g/mol. The van der Waals surface area contributed by atoms with Crippen molar-refractivity contribution in [3.8, 4) is 0 Å². The maximum absolute atomic E-state index is 10.9. The molecule has 11 atom stereocenters. The normalized spacial score (nSPS) is 58.1. The van der Waals surface area contributed by atoms with Crippen LogP contribution in [-0.4, -0.2) is 34.6 Å². The molecule has 0 bridgehead atoms. The molecule has 5 aliphatic carbocycles. The second kappa shape index (κ2) is 7.56. The van der Waals surface area contributed by atoms with Gasteiger partial charge in [0.25, 0.3) is 0 Å². The van der Waals surface area contributed by atoms with E-state index in [1.54, 1.807) is 0 Å². The van der Waals surface area contributed by atoms with Gasteiger partial charge in [0.2, 0.25) is 0 Å². The van der Waals surface area contributed by atoms with Gasteiger partial charge in [-0.05, 0) is 122 Å². The van der Waals surface area contributed by atoms with Crippen molar-refractivity contribution in [3.05, 3.63) is 12.2 Å². The zero-order chi connectivity index (χ0) is 24.0. The van der Waals surface area contributed by atoms with Gasteiger partial charge in [-0.2, -0.15) is 0 Å². The number of hydrogen-bond donors (Lipinski definition) is 3. The van der Waals surface area contributed by atoms with E-state index in [9.17, 15) is 15.3 Å². The van der Waals surface area contributed by atoms with E-state index in [0.29, 0.717) is 36.2 Å². The fraction of sp³-hybridized carbons (Fsp3) is 0.933. The highest BCUT2D eigenvalue weighted by Gasteiger charge is 2.71. The first-order valence-corrected chi connectivity index (χ1v) is 14.0. The monoisotopic (exact) mass is 458 g/mol. The Morgan fingerprint density at radius 1 is 0.788 bits per heavy atom. The summed E-state index contributed by atoms with van der Waals surface area (Å²) in [5.74, 6) is 2.86. The van der Waals surface area contributed by atoms with Crippen molar-refractivity contribution in [1.29, 1.82) is 0 Å². The Morgan fingerprint density at radius 3 is 2.15 bits per heavy atom. The Morgan fingerprint density at radius 2 is 1.52 bits per heavy atom. The van der Waals surface area contributed by atoms with Crippen LogP contribution in [0.5, 0.6) is 0 Å². The Labute approximate surface area is 202 Å². The average Bonchev–Trinajstić information content (AvgIpc) is 3.17. The molecule has 0 heterocycles. The van der Waals surface area contributed by atoms with E-state index in [2.05, 4.69) is 41.2 Å². The molecule has 0 aromatic carbocycles. The van der Waals surface area contributed by atoms with Crippen LogP contribution in [-0.2, 0) is 0 Å². The molecule has 3 nitrogen and oxygen atoms in total. The summed E-state index contributed by atoms with van der Waals surface area (Å²) in [6.45, 7) is 17.0. The van der Waals surface area contributed by atoms with Crippen LogP contribution in [0.25, 0.3) is 0 Å². The topological polar surface area (TPSA) is 60.7 Å². The van der Waals surface area contributed by atoms with E-state index in [4.69, 9.17) is 0 Å². The zero-order valence-electron chi connectivity index (χ0n) is 22.0. The van der Waals surface area contributed by atoms with Gasteiger partial charge in [0.1, 0.15) is 0 Å². The van der Waals surface area contributed by atoms with E-state index in [1.165, 1.54) is 50.5 Å². The lowest BCUT2D eigenvalue weighted by atomic mass is 9.32. The third kappa shape index (κ3) is 2.85. The van der Waals surface area contributed by atoms with Crippen molar-refractivity contribution in [3.63, 3.8) is 0 Å². The molecule has 188 valence electrons. The molecule has 3 heteroatoms. The Hall–Kier alpha value is -0.380. The number of allylic oxidation sites excluding steroid dienone is 1. The first-order chi connectivity index (χ1) is 15.4. The second-order valence-electron chi connectivity index (χ2n) is 14.4. The lowest BCUT2D eigenvalue weighted by molar-refractivity contribution is -0.255. The minimum Gasteiger partial charge on any atom is -0.396 e. The lowest BCUT2D eigenvalue weighted by Gasteiger charge is -2.73. The first kappa shape index (κ1) is 24.3. The fourth-order valence-corrected chi connectivity index (χ4v) is 11.6. The molecule has 33 heavy (non-hydrogen) atoms. The molecule has 0 radical (unpaired) electrons. The molecule has 0 aromatic rings. The highest BCUT2D eigenvalue weighted by atomic mass is 16.3. The van der Waals surface area contributed by atoms with Crippen molar-refractivity contribution in [2.24, 2.45) is 56.7 Å². The molecule has 5 saturated carbocycles. The molecule has 5 rings (SSSR count). The highest BCUT2D eigenvalue weighted by molar-refractivity contribution is 5.21. The third-order valence-electron chi connectivity index (χ3n) is 13.7. The minimum absolute atomic E-state index is 0.0964. The SMILES string of the molecule is C=C(C)[C@@H]1CC[C@]2(CO)CC[C@]3(C)C(CC[C@@H]4[C@@]5(C)CC[C@H](O)[C@@](C)(CO)[C@@H]5CC[C@]43C)[C@@H]12. The van der Waals surface area contributed by atoms with Gasteiger partial charge in [-0.15, -0.1) is 0 Å². The third-order valence-corrected chi connectivity index (χ3v) is 13.7. The molecule has 0 saturated heterocycles. The summed E-state index contributed by atoms with van der Waals surface area (Å²) in [6, 6.07) is 0. The van der Waals surface area contributed by atoms with Crippen LogP contribution in [0.2, 0.25) is 0 Å². The molecule has 1 unspecified atom stereocenters. The van der Waals surface area contributed by atoms with Crippen LogP contribution in [0.3, 0.4) is 0 Å². The van der Waals surface area contributed by atoms with Crippen LogP contribution in [0.1, 0.15) is 98.8 Å². The number of aliphatic hydroxyl groups is 3. The molecule has 0 spiro atoms. The summed E-state index contributed by atoms with van der Waals surface area (Å²) in [5.41, 5.74) is 1.83. The van der Waals surface area contributed by atoms with Crippen molar-refractivity contribution in [1.82, 2.24) is 0 Å². The predicted octanol–water partition coefficient (Wildman–Crippen LogP) is 5.97. The van der Waals surface area contributed by atoms with Crippen LogP contribution in [0.15, 0.2) is 12.2 Å². The van der Waals surface area contributed by atoms with Crippen molar-refractivity contribution >= 4 is 0 Å². The number of rotatable bonds is 3. The maximum atomic E-state index is 10.9. The largest absolute Gasteiger partial charge is 0.396 e. The molecule has 5 aliphatic rings. The van der Waals surface area contributed by atoms with Gasteiger partial charge in [-0.3, -0.25) is 0 Å². The standard InChI is InChI=1S/C30H50O3/c1-19(2)20-9-14-30(18-32)16-15-28(5)21(25(20)30)7-8-23-26(3)12-11-24(33)27(4,17-31)22(26)10-13-29(23,28)6/h20-25,31-33H,1,7-18H2,2-6H3/t20-,21?,22+,23+,24-,25+,26-,27-,28+,29+,30+/m0/s1. The van der Waals surface area contributed by atoms with Gasteiger partial charge in [0.05, 0.1) is 12.7 Å². The van der Waals surface area contributed by atoms with E-state index >= 15 is 0 Å². The predicted molar refractivity (Wildman–Crippen MR) is 133 cm³/mol. The summed E-state index contributed by atoms with van der Waals surface area (Å²) < 4.78 is 0. The van der Waals surface area contributed by atoms with Crippen LogP contribution in [0.4, 0.5) is 0 Å². The highest BCUT2D eigenvalue weighted by Crippen LogP contribution is 2.77.